The Balaban J connectivity index is 0. The fourth-order valence-corrected chi connectivity index (χ4v) is 1.61. The van der Waals surface area contributed by atoms with E-state index in [9.17, 15) is 79.8 Å². The zero-order valence-electron chi connectivity index (χ0n) is 16.8. The maximum absolute atomic E-state index is 12.8. The molecule has 0 spiro atoms. The van der Waals surface area contributed by atoms with Crippen LogP contribution in [-0.2, 0) is 14.3 Å². The molecule has 0 heterocycles. The predicted octanol–water partition coefficient (Wildman–Crippen LogP) is 6.42. The van der Waals surface area contributed by atoms with Gasteiger partial charge in [-0.3, -0.25) is 0 Å². The Morgan fingerprint density at radius 1 is 0.750 bits per heavy atom. The molecule has 36 heavy (non-hydrogen) atoms. The van der Waals surface area contributed by atoms with Crippen LogP contribution >= 0.6 is 0 Å². The molecular weight excluding hydrogens is 560 g/mol. The van der Waals surface area contributed by atoms with Crippen LogP contribution in [0.25, 0.3) is 0 Å². The lowest BCUT2D eigenvalue weighted by atomic mass is 9.98. The maximum atomic E-state index is 12.8. The number of carbonyl (C=O) groups excluding carboxylic acids is 1. The Labute approximate surface area is 189 Å². The van der Waals surface area contributed by atoms with E-state index in [0.717, 1.165) is 0 Å². The van der Waals surface area contributed by atoms with Gasteiger partial charge in [0.05, 0.1) is 12.8 Å². The minimum absolute atomic E-state index is 0.0704. The van der Waals surface area contributed by atoms with Crippen molar-refractivity contribution in [3.8, 4) is 0 Å². The maximum Gasteiger partial charge on any atom is 0.469 e. The van der Waals surface area contributed by atoms with Gasteiger partial charge in [0.2, 0.25) is 0 Å². The summed E-state index contributed by atoms with van der Waals surface area (Å²) in [7, 11) is 0. The monoisotopic (exact) mass is 572 g/mol. The van der Waals surface area contributed by atoms with Gasteiger partial charge in [-0.05, 0) is 0 Å². The van der Waals surface area contributed by atoms with E-state index in [1.165, 1.54) is 0 Å². The normalized spacial score (nSPS) is 15.2. The summed E-state index contributed by atoms with van der Waals surface area (Å²) in [4.78, 5) is 20.3. The number of alkyl halides is 16. The summed E-state index contributed by atoms with van der Waals surface area (Å²) in [6, 6.07) is 0. The van der Waals surface area contributed by atoms with Crippen LogP contribution in [0.1, 0.15) is 12.8 Å². The third-order valence-electron chi connectivity index (χ3n) is 3.45. The van der Waals surface area contributed by atoms with Crippen molar-refractivity contribution in [3.63, 3.8) is 0 Å². The van der Waals surface area contributed by atoms with Crippen LogP contribution in [0, 0.1) is 0 Å². The molecule has 0 aromatic rings. The second kappa shape index (κ2) is 11.6. The summed E-state index contributed by atoms with van der Waals surface area (Å²) in [6.07, 6.45) is -30.7. The Morgan fingerprint density at radius 3 is 1.36 bits per heavy atom. The predicted molar refractivity (Wildman–Crippen MR) is 84.0 cm³/mol. The summed E-state index contributed by atoms with van der Waals surface area (Å²) in [5, 5.41) is 8.04. The van der Waals surface area contributed by atoms with Crippen LogP contribution < -0.4 is 0 Å². The van der Waals surface area contributed by atoms with E-state index < -0.39 is 78.9 Å². The van der Waals surface area contributed by atoms with E-state index in [1.807, 2.05) is 0 Å². The molecular formula is C16H12F16O4. The van der Waals surface area contributed by atoms with E-state index in [0.29, 0.717) is 0 Å². The van der Waals surface area contributed by atoms with Gasteiger partial charge in [0.1, 0.15) is 5.57 Å². The van der Waals surface area contributed by atoms with Crippen molar-refractivity contribution in [1.29, 1.82) is 0 Å². The van der Waals surface area contributed by atoms with Gasteiger partial charge >= 0.3 is 48.2 Å². The number of hydrogen-bond donors (Lipinski definition) is 1. The van der Waals surface area contributed by atoms with Gasteiger partial charge in [-0.2, -0.15) is 61.5 Å². The summed E-state index contributed by atoms with van der Waals surface area (Å²) >= 11 is 0. The molecule has 212 valence electrons. The first-order chi connectivity index (χ1) is 15.6. The van der Waals surface area contributed by atoms with Crippen molar-refractivity contribution in [2.24, 2.45) is 0 Å². The lowest BCUT2D eigenvalue weighted by Crippen LogP contribution is -2.51. The second-order valence-corrected chi connectivity index (χ2v) is 6.32. The van der Waals surface area contributed by atoms with E-state index in [4.69, 9.17) is 5.11 Å². The molecule has 0 amide bonds. The molecule has 2 atom stereocenters. The number of esters is 1. The van der Waals surface area contributed by atoms with Crippen molar-refractivity contribution < 1.29 is 89.7 Å². The highest BCUT2D eigenvalue weighted by Crippen LogP contribution is 2.46. The number of aliphatic carboxylic acids is 1. The molecule has 0 saturated carbocycles. The molecule has 2 unspecified atom stereocenters. The Kier molecular flexibility index (Phi) is 11.4. The van der Waals surface area contributed by atoms with Crippen molar-refractivity contribution in [2.75, 3.05) is 0 Å². The van der Waals surface area contributed by atoms with Crippen molar-refractivity contribution in [1.82, 2.24) is 0 Å². The van der Waals surface area contributed by atoms with E-state index in [2.05, 4.69) is 17.9 Å². The minimum Gasteiger partial charge on any atom is -0.478 e. The molecule has 0 aliphatic carbocycles. The highest BCUT2D eigenvalue weighted by molar-refractivity contribution is 5.88. The first-order valence-corrected chi connectivity index (χ1v) is 8.27. The van der Waals surface area contributed by atoms with Crippen molar-refractivity contribution in [3.05, 3.63) is 24.8 Å². The van der Waals surface area contributed by atoms with Crippen LogP contribution in [0.4, 0.5) is 70.2 Å². The Bertz CT molecular complexity index is 797. The third-order valence-corrected chi connectivity index (χ3v) is 3.45. The van der Waals surface area contributed by atoms with Gasteiger partial charge in [0, 0.05) is 6.08 Å². The average Bonchev–Trinajstić information content (AvgIpc) is 2.64. The lowest BCUT2D eigenvalue weighted by Gasteiger charge is -2.29. The van der Waals surface area contributed by atoms with E-state index in [-0.39, 0.29) is 6.08 Å². The number of ether oxygens (including phenoxy) is 1. The van der Waals surface area contributed by atoms with Crippen LogP contribution in [0.3, 0.4) is 0 Å². The standard InChI is InChI=1S/2C8H6F8O2/c1-3(5(17)18)7(13,14)8(15,16)4(9)2-6(10,11)12;1-2-5(17)18-8(15,16)7(13,14)4(9)3-6(10,11)12/h4H,1-2H2,(H,17,18);2,4H,1,3H2. The molecule has 0 aliphatic heterocycles. The van der Waals surface area contributed by atoms with Gasteiger partial charge < -0.3 is 9.84 Å². The average molecular weight is 572 g/mol. The molecule has 1 N–H and O–H groups in total. The molecule has 0 rings (SSSR count). The van der Waals surface area contributed by atoms with Gasteiger partial charge in [-0.15, -0.1) is 0 Å². The Hall–Kier alpha value is -2.70. The molecule has 0 aromatic heterocycles. The second-order valence-electron chi connectivity index (χ2n) is 6.32. The number of carboxylic acids is 1. The summed E-state index contributed by atoms with van der Waals surface area (Å²) in [5.41, 5.74) is -2.39. The molecule has 0 aliphatic rings. The number of hydrogen-bond acceptors (Lipinski definition) is 3. The van der Waals surface area contributed by atoms with Crippen LogP contribution in [0.2, 0.25) is 0 Å². The summed E-state index contributed by atoms with van der Waals surface area (Å²) < 4.78 is 200. The van der Waals surface area contributed by atoms with Crippen LogP contribution in [0.15, 0.2) is 24.8 Å². The quantitative estimate of drug-likeness (QED) is 0.187. The highest BCUT2D eigenvalue weighted by atomic mass is 19.4. The largest absolute Gasteiger partial charge is 0.478 e. The van der Waals surface area contributed by atoms with Gasteiger partial charge in [0.25, 0.3) is 0 Å². The number of halogens is 16. The molecule has 0 aromatic carbocycles. The zero-order valence-corrected chi connectivity index (χ0v) is 16.8. The lowest BCUT2D eigenvalue weighted by molar-refractivity contribution is -0.349. The molecule has 0 bridgehead atoms. The van der Waals surface area contributed by atoms with Gasteiger partial charge in [0.15, 0.2) is 12.3 Å². The van der Waals surface area contributed by atoms with E-state index >= 15 is 0 Å². The molecule has 0 fully saturated rings. The SMILES string of the molecule is C=C(C(=O)O)C(F)(F)C(F)(F)C(F)CC(F)(F)F.C=CC(=O)OC(F)(F)C(F)(F)C(F)CC(F)(F)F. The minimum atomic E-state index is -5.84. The summed E-state index contributed by atoms with van der Waals surface area (Å²) in [6.45, 7) is 4.70. The first kappa shape index (κ1) is 35.5. The fraction of sp³-hybridized carbons (Fsp3) is 0.625. The topological polar surface area (TPSA) is 63.6 Å². The Morgan fingerprint density at radius 2 is 1.08 bits per heavy atom. The van der Waals surface area contributed by atoms with Crippen LogP contribution in [0.5, 0.6) is 0 Å². The smallest absolute Gasteiger partial charge is 0.469 e. The van der Waals surface area contributed by atoms with Gasteiger partial charge in [-0.1, -0.05) is 13.2 Å². The van der Waals surface area contributed by atoms with Crippen molar-refractivity contribution in [2.45, 2.75) is 61.4 Å². The highest BCUT2D eigenvalue weighted by Gasteiger charge is 2.67. The molecule has 0 saturated heterocycles. The number of rotatable bonds is 10. The third kappa shape index (κ3) is 9.75. The zero-order chi connectivity index (χ0) is 29.7. The summed E-state index contributed by atoms with van der Waals surface area (Å²) in [5.74, 6) is -21.9. The molecule has 20 heteroatoms. The number of carbonyl (C=O) groups is 2. The molecule has 4 nitrogen and oxygen atoms in total. The van der Waals surface area contributed by atoms with E-state index in [1.54, 1.807) is 0 Å². The first-order valence-electron chi connectivity index (χ1n) is 8.27. The number of carboxylic acid groups (broad SMARTS) is 1. The van der Waals surface area contributed by atoms with Crippen LogP contribution in [-0.4, -0.2) is 65.6 Å². The fourth-order valence-electron chi connectivity index (χ4n) is 1.61. The van der Waals surface area contributed by atoms with Crippen molar-refractivity contribution >= 4 is 11.9 Å². The van der Waals surface area contributed by atoms with Gasteiger partial charge in [-0.25, -0.2) is 18.4 Å². The molecule has 0 radical (unpaired) electrons.